The van der Waals surface area contributed by atoms with Crippen molar-refractivity contribution in [2.75, 3.05) is 11.9 Å². The first-order valence-electron chi connectivity index (χ1n) is 7.03. The Bertz CT molecular complexity index is 792. The lowest BCUT2D eigenvalue weighted by Crippen LogP contribution is -2.28. The predicted molar refractivity (Wildman–Crippen MR) is 86.4 cm³/mol. The van der Waals surface area contributed by atoms with Gasteiger partial charge >= 0.3 is 0 Å². The lowest BCUT2D eigenvalue weighted by atomic mass is 10.3. The van der Waals surface area contributed by atoms with Crippen LogP contribution in [0.1, 0.15) is 18.2 Å². The van der Waals surface area contributed by atoms with Crippen LogP contribution in [0.2, 0.25) is 0 Å². The van der Waals surface area contributed by atoms with Crippen LogP contribution in [0, 0.1) is 6.92 Å². The predicted octanol–water partition coefficient (Wildman–Crippen LogP) is 1.26. The molecule has 2 N–H and O–H groups in total. The number of sulfonamides is 1. The molecule has 1 amide bonds. The highest BCUT2D eigenvalue weighted by molar-refractivity contribution is 7.89. The van der Waals surface area contributed by atoms with E-state index < -0.39 is 10.0 Å². The summed E-state index contributed by atoms with van der Waals surface area (Å²) in [7, 11) is -3.76. The molecule has 0 aliphatic carbocycles. The molecule has 0 unspecified atom stereocenters. The van der Waals surface area contributed by atoms with Crippen LogP contribution < -0.4 is 10.0 Å². The van der Waals surface area contributed by atoms with Gasteiger partial charge in [-0.25, -0.2) is 18.1 Å². The van der Waals surface area contributed by atoms with Gasteiger partial charge in [-0.1, -0.05) is 12.1 Å². The Balaban J connectivity index is 2.10. The summed E-state index contributed by atoms with van der Waals surface area (Å²) in [5.74, 6) is -0.110. The number of hydrogen-bond acceptors (Lipinski definition) is 5. The highest BCUT2D eigenvalue weighted by Crippen LogP contribution is 2.15. The maximum Gasteiger partial charge on any atom is 0.258 e. The van der Waals surface area contributed by atoms with Gasteiger partial charge in [0.1, 0.15) is 5.82 Å². The van der Waals surface area contributed by atoms with Crippen molar-refractivity contribution in [3.63, 3.8) is 0 Å². The number of hydrogen-bond donors (Lipinski definition) is 2. The molecule has 0 bridgehead atoms. The molecular weight excluding hydrogens is 316 g/mol. The van der Waals surface area contributed by atoms with E-state index in [4.69, 9.17) is 0 Å². The minimum absolute atomic E-state index is 0.0928. The van der Waals surface area contributed by atoms with E-state index in [1.807, 2.05) is 12.1 Å². The van der Waals surface area contributed by atoms with Crippen molar-refractivity contribution in [3.05, 3.63) is 47.8 Å². The third kappa shape index (κ3) is 4.83. The topological polar surface area (TPSA) is 101 Å². The Morgan fingerprint density at radius 2 is 2.00 bits per heavy atom. The summed E-state index contributed by atoms with van der Waals surface area (Å²) < 4.78 is 27.3. The minimum atomic E-state index is -3.76. The zero-order valence-electron chi connectivity index (χ0n) is 12.9. The summed E-state index contributed by atoms with van der Waals surface area (Å²) in [6, 6.07) is 8.64. The fourth-order valence-electron chi connectivity index (χ4n) is 1.96. The van der Waals surface area contributed by atoms with Crippen molar-refractivity contribution in [1.82, 2.24) is 14.7 Å². The molecule has 0 saturated carbocycles. The summed E-state index contributed by atoms with van der Waals surface area (Å²) in [5, 5.41) is 2.38. The molecule has 2 aromatic rings. The molecule has 0 aliphatic heterocycles. The van der Waals surface area contributed by atoms with Crippen LogP contribution >= 0.6 is 0 Å². The molecule has 0 radical (unpaired) electrons. The first-order chi connectivity index (χ1) is 10.9. The maximum atomic E-state index is 12.4. The molecule has 0 spiro atoms. The summed E-state index contributed by atoms with van der Waals surface area (Å²) in [6.45, 7) is 3.20. The van der Waals surface area contributed by atoms with Crippen molar-refractivity contribution in [2.24, 2.45) is 0 Å². The number of carbonyl (C=O) groups is 1. The molecule has 2 rings (SSSR count). The second kappa shape index (κ2) is 7.30. The highest BCUT2D eigenvalue weighted by atomic mass is 32.2. The average Bonchev–Trinajstić information content (AvgIpc) is 2.49. The van der Waals surface area contributed by atoms with E-state index in [0.29, 0.717) is 12.0 Å². The van der Waals surface area contributed by atoms with E-state index >= 15 is 0 Å². The molecule has 0 fully saturated rings. The second-order valence-corrected chi connectivity index (χ2v) is 6.65. The molecule has 8 heteroatoms. The zero-order valence-corrected chi connectivity index (χ0v) is 13.7. The molecule has 0 aliphatic rings. The van der Waals surface area contributed by atoms with Crippen molar-refractivity contribution in [2.45, 2.75) is 25.3 Å². The number of nitrogens with one attached hydrogen (secondary N) is 2. The van der Waals surface area contributed by atoms with Gasteiger partial charge in [-0.2, -0.15) is 0 Å². The first kappa shape index (κ1) is 17.0. The Morgan fingerprint density at radius 1 is 1.22 bits per heavy atom. The zero-order chi connectivity index (χ0) is 16.9. The summed E-state index contributed by atoms with van der Waals surface area (Å²) in [4.78, 5) is 19.2. The third-order valence-corrected chi connectivity index (χ3v) is 4.52. The van der Waals surface area contributed by atoms with E-state index in [2.05, 4.69) is 20.0 Å². The minimum Gasteiger partial charge on any atom is -0.311 e. The SMILES string of the molecule is CC(=O)Nc1ccc(C)c(S(=O)(=O)NCCc2ccccn2)n1. The van der Waals surface area contributed by atoms with Crippen LogP contribution in [0.15, 0.2) is 41.6 Å². The number of aryl methyl sites for hydroxylation is 1. The lowest BCUT2D eigenvalue weighted by molar-refractivity contribution is -0.114. The molecular formula is C15H18N4O3S. The van der Waals surface area contributed by atoms with Crippen LogP contribution in [0.3, 0.4) is 0 Å². The fourth-order valence-corrected chi connectivity index (χ4v) is 3.18. The van der Waals surface area contributed by atoms with Gasteiger partial charge in [-0.15, -0.1) is 0 Å². The van der Waals surface area contributed by atoms with Crippen LogP contribution in [0.4, 0.5) is 5.82 Å². The molecule has 7 nitrogen and oxygen atoms in total. The number of anilines is 1. The van der Waals surface area contributed by atoms with E-state index in [1.54, 1.807) is 31.3 Å². The smallest absolute Gasteiger partial charge is 0.258 e. The quantitative estimate of drug-likeness (QED) is 0.828. The molecule has 122 valence electrons. The molecule has 0 aromatic carbocycles. The number of nitrogens with zero attached hydrogens (tertiary/aromatic N) is 2. The molecule has 2 aromatic heterocycles. The normalized spacial score (nSPS) is 11.2. The van der Waals surface area contributed by atoms with Gasteiger partial charge in [0.15, 0.2) is 5.03 Å². The van der Waals surface area contributed by atoms with Crippen LogP contribution in [-0.4, -0.2) is 30.8 Å². The molecule has 0 atom stereocenters. The van der Waals surface area contributed by atoms with Gasteiger partial charge < -0.3 is 5.32 Å². The Kier molecular flexibility index (Phi) is 5.41. The number of amides is 1. The van der Waals surface area contributed by atoms with Gasteiger partial charge in [-0.05, 0) is 30.7 Å². The highest BCUT2D eigenvalue weighted by Gasteiger charge is 2.19. The van der Waals surface area contributed by atoms with Gasteiger partial charge in [-0.3, -0.25) is 9.78 Å². The van der Waals surface area contributed by atoms with E-state index in [1.165, 1.54) is 6.92 Å². The van der Waals surface area contributed by atoms with E-state index in [0.717, 1.165) is 5.69 Å². The summed E-state index contributed by atoms with van der Waals surface area (Å²) in [5.41, 5.74) is 1.30. The summed E-state index contributed by atoms with van der Waals surface area (Å²) >= 11 is 0. The van der Waals surface area contributed by atoms with Gasteiger partial charge in [0.05, 0.1) is 0 Å². The number of pyridine rings is 2. The van der Waals surface area contributed by atoms with Gasteiger partial charge in [0.25, 0.3) is 10.0 Å². The monoisotopic (exact) mass is 334 g/mol. The first-order valence-corrected chi connectivity index (χ1v) is 8.51. The van der Waals surface area contributed by atoms with Crippen LogP contribution in [-0.2, 0) is 21.2 Å². The molecule has 2 heterocycles. The Hall–Kier alpha value is -2.32. The largest absolute Gasteiger partial charge is 0.311 e. The standard InChI is InChI=1S/C15H18N4O3S/c1-11-6-7-14(18-12(2)20)19-15(11)23(21,22)17-10-8-13-5-3-4-9-16-13/h3-7,9,17H,8,10H2,1-2H3,(H,18,19,20). The summed E-state index contributed by atoms with van der Waals surface area (Å²) in [6.07, 6.45) is 2.14. The Morgan fingerprint density at radius 3 is 2.65 bits per heavy atom. The number of aromatic nitrogens is 2. The average molecular weight is 334 g/mol. The maximum absolute atomic E-state index is 12.4. The number of rotatable bonds is 6. The van der Waals surface area contributed by atoms with Gasteiger partial charge in [0.2, 0.25) is 5.91 Å². The molecule has 0 saturated heterocycles. The Labute approximate surface area is 135 Å². The van der Waals surface area contributed by atoms with E-state index in [9.17, 15) is 13.2 Å². The molecule has 23 heavy (non-hydrogen) atoms. The van der Waals surface area contributed by atoms with Crippen molar-refractivity contribution >= 4 is 21.7 Å². The van der Waals surface area contributed by atoms with Crippen LogP contribution in [0.25, 0.3) is 0 Å². The van der Waals surface area contributed by atoms with Gasteiger partial charge in [0, 0.05) is 31.8 Å². The van der Waals surface area contributed by atoms with Crippen LogP contribution in [0.5, 0.6) is 0 Å². The van der Waals surface area contributed by atoms with E-state index in [-0.39, 0.29) is 23.3 Å². The second-order valence-electron chi connectivity index (χ2n) is 4.97. The van der Waals surface area contributed by atoms with Crippen molar-refractivity contribution in [1.29, 1.82) is 0 Å². The lowest BCUT2D eigenvalue weighted by Gasteiger charge is -2.10. The van der Waals surface area contributed by atoms with Crippen molar-refractivity contribution < 1.29 is 13.2 Å². The third-order valence-electron chi connectivity index (χ3n) is 3.01. The number of carbonyl (C=O) groups excluding carboxylic acids is 1. The van der Waals surface area contributed by atoms with Crippen molar-refractivity contribution in [3.8, 4) is 0 Å². The fraction of sp³-hybridized carbons (Fsp3) is 0.267.